The molecule has 0 radical (unpaired) electrons. The van der Waals surface area contributed by atoms with E-state index in [1.807, 2.05) is 11.0 Å². The molecule has 2 rings (SSSR count). The molecule has 5 heteroatoms. The molecule has 2 saturated heterocycles. The zero-order valence-corrected chi connectivity index (χ0v) is 10.7. The van der Waals surface area contributed by atoms with E-state index >= 15 is 0 Å². The molecular formula is C12H19ClN2O2. The van der Waals surface area contributed by atoms with Crippen molar-refractivity contribution >= 4 is 17.5 Å². The lowest BCUT2D eigenvalue weighted by atomic mass is 10.2. The summed E-state index contributed by atoms with van der Waals surface area (Å²) in [5.74, 6) is 0.176. The molecule has 0 bridgehead atoms. The van der Waals surface area contributed by atoms with Gasteiger partial charge in [-0.1, -0.05) is 17.7 Å². The second-order valence-electron chi connectivity index (χ2n) is 4.49. The molecule has 2 heterocycles. The van der Waals surface area contributed by atoms with Crippen LogP contribution in [0.2, 0.25) is 0 Å². The van der Waals surface area contributed by atoms with Crippen molar-refractivity contribution < 1.29 is 9.53 Å². The van der Waals surface area contributed by atoms with Gasteiger partial charge in [0.1, 0.15) is 6.10 Å². The summed E-state index contributed by atoms with van der Waals surface area (Å²) >= 11 is 5.50. The summed E-state index contributed by atoms with van der Waals surface area (Å²) < 4.78 is 5.43. The van der Waals surface area contributed by atoms with E-state index in [1.54, 1.807) is 5.54 Å². The molecule has 0 aromatic heterocycles. The van der Waals surface area contributed by atoms with E-state index in [9.17, 15) is 4.79 Å². The minimum absolute atomic E-state index is 0.176. The number of hydrogen-bond donors (Lipinski definition) is 0. The number of amides is 1. The Hall–Kier alpha value is -0.580. The van der Waals surface area contributed by atoms with Gasteiger partial charge < -0.3 is 9.64 Å². The predicted molar refractivity (Wildman–Crippen MR) is 67.0 cm³/mol. The van der Waals surface area contributed by atoms with E-state index < -0.39 is 0 Å². The monoisotopic (exact) mass is 258 g/mol. The van der Waals surface area contributed by atoms with Crippen LogP contribution in [0.5, 0.6) is 0 Å². The number of hydrogen-bond acceptors (Lipinski definition) is 3. The second kappa shape index (κ2) is 6.38. The first-order chi connectivity index (χ1) is 8.31. The largest absolute Gasteiger partial charge is 0.368 e. The maximum Gasteiger partial charge on any atom is 0.251 e. The molecule has 0 aliphatic carbocycles. The molecule has 1 amide bonds. The highest BCUT2D eigenvalue weighted by Gasteiger charge is 2.29. The quantitative estimate of drug-likeness (QED) is 0.759. The van der Waals surface area contributed by atoms with Crippen molar-refractivity contribution in [2.24, 2.45) is 0 Å². The number of ether oxygens (including phenoxy) is 1. The van der Waals surface area contributed by atoms with Crippen LogP contribution in [0, 0.1) is 0 Å². The molecule has 0 aromatic rings. The SMILES string of the molecule is O=C(C1CCCO1)N1CCN(CC=CCl)CC1. The Morgan fingerprint density at radius 1 is 1.35 bits per heavy atom. The summed E-state index contributed by atoms with van der Waals surface area (Å²) in [6.07, 6.45) is 3.65. The van der Waals surface area contributed by atoms with E-state index in [1.165, 1.54) is 0 Å². The van der Waals surface area contributed by atoms with Crippen molar-refractivity contribution in [3.8, 4) is 0 Å². The first-order valence-corrected chi connectivity index (χ1v) is 6.63. The maximum atomic E-state index is 12.1. The Bertz CT molecular complexity index is 282. The van der Waals surface area contributed by atoms with Crippen molar-refractivity contribution in [1.29, 1.82) is 0 Å². The van der Waals surface area contributed by atoms with Gasteiger partial charge in [-0.15, -0.1) is 0 Å². The van der Waals surface area contributed by atoms with Crippen LogP contribution in [0.3, 0.4) is 0 Å². The lowest BCUT2D eigenvalue weighted by Crippen LogP contribution is -2.51. The van der Waals surface area contributed by atoms with Crippen molar-refractivity contribution in [3.05, 3.63) is 11.6 Å². The highest BCUT2D eigenvalue weighted by Crippen LogP contribution is 2.15. The first-order valence-electron chi connectivity index (χ1n) is 6.19. The van der Waals surface area contributed by atoms with Gasteiger partial charge in [-0.2, -0.15) is 0 Å². The van der Waals surface area contributed by atoms with Gasteiger partial charge in [0, 0.05) is 44.9 Å². The topological polar surface area (TPSA) is 32.8 Å². The predicted octanol–water partition coefficient (Wildman–Crippen LogP) is 1.06. The van der Waals surface area contributed by atoms with Gasteiger partial charge in [-0.3, -0.25) is 9.69 Å². The fourth-order valence-electron chi connectivity index (χ4n) is 2.32. The zero-order chi connectivity index (χ0) is 12.1. The summed E-state index contributed by atoms with van der Waals surface area (Å²) in [7, 11) is 0. The van der Waals surface area contributed by atoms with Crippen LogP contribution >= 0.6 is 11.6 Å². The molecule has 1 atom stereocenters. The first kappa shape index (κ1) is 12.9. The van der Waals surface area contributed by atoms with E-state index in [4.69, 9.17) is 16.3 Å². The summed E-state index contributed by atoms with van der Waals surface area (Å²) in [4.78, 5) is 16.3. The van der Waals surface area contributed by atoms with Gasteiger partial charge in [0.25, 0.3) is 5.91 Å². The molecule has 0 saturated carbocycles. The Balaban J connectivity index is 1.76. The molecule has 2 aliphatic heterocycles. The third-order valence-corrected chi connectivity index (χ3v) is 3.52. The van der Waals surface area contributed by atoms with Crippen LogP contribution in [0.4, 0.5) is 0 Å². The van der Waals surface area contributed by atoms with Crippen LogP contribution in [0.1, 0.15) is 12.8 Å². The van der Waals surface area contributed by atoms with Crippen LogP contribution in [-0.4, -0.2) is 61.1 Å². The standard InChI is InChI=1S/C12H19ClN2O2/c13-4-2-5-14-6-8-15(9-7-14)12(16)11-3-1-10-17-11/h2,4,11H,1,3,5-10H2. The zero-order valence-electron chi connectivity index (χ0n) is 9.98. The number of carbonyl (C=O) groups is 1. The summed E-state index contributed by atoms with van der Waals surface area (Å²) in [6, 6.07) is 0. The van der Waals surface area contributed by atoms with Crippen LogP contribution < -0.4 is 0 Å². The fourth-order valence-corrected chi connectivity index (χ4v) is 2.40. The number of nitrogens with zero attached hydrogens (tertiary/aromatic N) is 2. The summed E-state index contributed by atoms with van der Waals surface area (Å²) in [6.45, 7) is 5.03. The van der Waals surface area contributed by atoms with Crippen molar-refractivity contribution in [3.63, 3.8) is 0 Å². The van der Waals surface area contributed by atoms with Gasteiger partial charge in [-0.25, -0.2) is 0 Å². The highest BCUT2D eigenvalue weighted by molar-refractivity contribution is 6.25. The molecule has 2 aliphatic rings. The van der Waals surface area contributed by atoms with E-state index in [2.05, 4.69) is 4.90 Å². The number of halogens is 1. The normalized spacial score (nSPS) is 26.9. The molecule has 17 heavy (non-hydrogen) atoms. The lowest BCUT2D eigenvalue weighted by Gasteiger charge is -2.35. The van der Waals surface area contributed by atoms with Crippen LogP contribution in [0.15, 0.2) is 11.6 Å². The molecule has 4 nitrogen and oxygen atoms in total. The molecule has 96 valence electrons. The van der Waals surface area contributed by atoms with Gasteiger partial charge in [0.15, 0.2) is 0 Å². The molecular weight excluding hydrogens is 240 g/mol. The fraction of sp³-hybridized carbons (Fsp3) is 0.750. The van der Waals surface area contributed by atoms with Crippen molar-refractivity contribution in [2.75, 3.05) is 39.3 Å². The van der Waals surface area contributed by atoms with Crippen molar-refractivity contribution in [2.45, 2.75) is 18.9 Å². The van der Waals surface area contributed by atoms with Gasteiger partial charge >= 0.3 is 0 Å². The average molecular weight is 259 g/mol. The molecule has 0 spiro atoms. The summed E-state index contributed by atoms with van der Waals surface area (Å²) in [5, 5.41) is 0. The smallest absolute Gasteiger partial charge is 0.251 e. The third-order valence-electron chi connectivity index (χ3n) is 3.34. The minimum atomic E-state index is -0.177. The van der Waals surface area contributed by atoms with Crippen LogP contribution in [0.25, 0.3) is 0 Å². The van der Waals surface area contributed by atoms with Crippen LogP contribution in [-0.2, 0) is 9.53 Å². The van der Waals surface area contributed by atoms with Crippen molar-refractivity contribution in [1.82, 2.24) is 9.80 Å². The van der Waals surface area contributed by atoms with Gasteiger partial charge in [0.05, 0.1) is 0 Å². The molecule has 1 unspecified atom stereocenters. The van der Waals surface area contributed by atoms with Gasteiger partial charge in [-0.05, 0) is 12.8 Å². The Labute approximate surface area is 107 Å². The lowest BCUT2D eigenvalue weighted by molar-refractivity contribution is -0.142. The molecule has 2 fully saturated rings. The molecule has 0 N–H and O–H groups in total. The summed E-state index contributed by atoms with van der Waals surface area (Å²) in [5.41, 5.74) is 1.55. The highest BCUT2D eigenvalue weighted by atomic mass is 35.5. The second-order valence-corrected chi connectivity index (χ2v) is 4.74. The molecule has 0 aromatic carbocycles. The number of carbonyl (C=O) groups excluding carboxylic acids is 1. The Morgan fingerprint density at radius 2 is 2.12 bits per heavy atom. The number of rotatable bonds is 3. The van der Waals surface area contributed by atoms with E-state index in [0.717, 1.165) is 52.2 Å². The van der Waals surface area contributed by atoms with E-state index in [-0.39, 0.29) is 12.0 Å². The minimum Gasteiger partial charge on any atom is -0.368 e. The average Bonchev–Trinajstić information content (AvgIpc) is 2.90. The maximum absolute atomic E-state index is 12.1. The van der Waals surface area contributed by atoms with Gasteiger partial charge in [0.2, 0.25) is 0 Å². The third kappa shape index (κ3) is 3.44. The Kier molecular flexibility index (Phi) is 4.83. The van der Waals surface area contributed by atoms with E-state index in [0.29, 0.717) is 0 Å². The Morgan fingerprint density at radius 3 is 2.71 bits per heavy atom. The number of piperazine rings is 1.